The van der Waals surface area contributed by atoms with Gasteiger partial charge in [-0.3, -0.25) is 0 Å². The van der Waals surface area contributed by atoms with Crippen molar-refractivity contribution in [2.75, 3.05) is 0 Å². The number of furan rings is 1. The molecule has 0 spiro atoms. The first-order valence-electron chi connectivity index (χ1n) is 19.2. The van der Waals surface area contributed by atoms with Crippen LogP contribution in [0.3, 0.4) is 0 Å². The van der Waals surface area contributed by atoms with Crippen LogP contribution in [-0.2, 0) is 26.5 Å². The predicted molar refractivity (Wildman–Crippen MR) is 219 cm³/mol. The average Bonchev–Trinajstić information content (AvgIpc) is 3.74. The number of hydrogen-bond acceptors (Lipinski definition) is 5. The van der Waals surface area contributed by atoms with Gasteiger partial charge in [-0.25, -0.2) is 4.98 Å². The normalized spacial score (nSPS) is 12.7. The summed E-state index contributed by atoms with van der Waals surface area (Å²) in [7, 11) is 0. The van der Waals surface area contributed by atoms with Crippen molar-refractivity contribution < 1.29 is 28.6 Å². The zero-order valence-corrected chi connectivity index (χ0v) is 34.6. The summed E-state index contributed by atoms with van der Waals surface area (Å²) < 4.78 is 30.5. The van der Waals surface area contributed by atoms with Crippen LogP contribution in [0.2, 0.25) is 0 Å². The fraction of sp³-hybridized carbons (Fsp3) is 0.255. The zero-order chi connectivity index (χ0) is 39.2. The van der Waals surface area contributed by atoms with Crippen LogP contribution in [0.25, 0.3) is 65.8 Å². The van der Waals surface area contributed by atoms with Gasteiger partial charge >= 0.3 is 0 Å². The van der Waals surface area contributed by atoms with E-state index < -0.39 is 6.85 Å². The molecule has 0 bridgehead atoms. The Labute approximate surface area is 335 Å². The van der Waals surface area contributed by atoms with E-state index in [0.717, 1.165) is 44.4 Å². The van der Waals surface area contributed by atoms with Gasteiger partial charge in [-0.05, 0) is 89.3 Å². The molecule has 0 unspecified atom stereocenters. The summed E-state index contributed by atoms with van der Waals surface area (Å²) >= 11 is 1.18. The maximum absolute atomic E-state index is 7.77. The summed E-state index contributed by atoms with van der Waals surface area (Å²) in [6.07, 6.45) is 5.00. The first-order chi connectivity index (χ1) is 26.1. The summed E-state index contributed by atoms with van der Waals surface area (Å²) in [5, 5.41) is 1.94. The van der Waals surface area contributed by atoms with Crippen LogP contribution < -0.4 is 0 Å². The van der Waals surface area contributed by atoms with Crippen molar-refractivity contribution in [3.63, 3.8) is 0 Å². The number of pyridine rings is 2. The van der Waals surface area contributed by atoms with E-state index in [2.05, 4.69) is 126 Å². The third kappa shape index (κ3) is 8.06. The van der Waals surface area contributed by atoms with Crippen LogP contribution in [-0.4, -0.2) is 15.0 Å². The molecular formula is C47H45IrN3OS-2. The first kappa shape index (κ1) is 34.3. The monoisotopic (exact) mass is 895 g/mol. The Hall–Kier alpha value is -4.48. The van der Waals surface area contributed by atoms with Gasteiger partial charge in [0, 0.05) is 42.0 Å². The number of aromatic nitrogens is 3. The van der Waals surface area contributed by atoms with Crippen LogP contribution in [0.1, 0.15) is 77.5 Å². The molecule has 0 aliphatic heterocycles. The summed E-state index contributed by atoms with van der Waals surface area (Å²) in [4.78, 5) is 13.8. The molecule has 0 aliphatic rings. The van der Waals surface area contributed by atoms with Crippen molar-refractivity contribution in [3.05, 3.63) is 136 Å². The molecule has 4 heterocycles. The molecule has 6 heteroatoms. The quantitative estimate of drug-likeness (QED) is 0.162. The smallest absolute Gasteiger partial charge is 0.148 e. The second-order valence-electron chi connectivity index (χ2n) is 15.2. The van der Waals surface area contributed by atoms with Crippen LogP contribution >= 0.6 is 11.3 Å². The van der Waals surface area contributed by atoms with E-state index >= 15 is 0 Å². The third-order valence-corrected chi connectivity index (χ3v) is 10.2. The van der Waals surface area contributed by atoms with Gasteiger partial charge in [-0.1, -0.05) is 95.0 Å². The van der Waals surface area contributed by atoms with E-state index in [9.17, 15) is 0 Å². The second-order valence-corrected chi connectivity index (χ2v) is 16.2. The molecule has 271 valence electrons. The van der Waals surface area contributed by atoms with Gasteiger partial charge in [0.2, 0.25) is 0 Å². The summed E-state index contributed by atoms with van der Waals surface area (Å²) in [5.41, 5.74) is 14.3. The summed E-state index contributed by atoms with van der Waals surface area (Å²) in [6.45, 7) is 15.2. The Balaban J connectivity index is 0.000000236. The molecule has 0 saturated heterocycles. The second kappa shape index (κ2) is 15.5. The maximum atomic E-state index is 7.77. The molecule has 53 heavy (non-hydrogen) atoms. The Morgan fingerprint density at radius 3 is 2.26 bits per heavy atom. The standard InChI is InChI=1S/C30H25N2OS.C17H20N.Ir/c1-16(2)24-15-31-25(14-23(24)27-17(3)8-6-9-18(27)4)22-11-7-10-20-21-12-13-26-28(32-19(5)34-26)30(21)33-29(20)22;1-13-5-8-15(9-6-13)16-10-7-14(12-18-16)11-17(2,3)4;/h6-10,12-16H,1-5H3;5-8,10,12H,11H2,1-4H3;/q2*-1;/i5D3;;. The number of fused-ring (bicyclic) bond motifs is 5. The van der Waals surface area contributed by atoms with Crippen LogP contribution in [0.5, 0.6) is 0 Å². The zero-order valence-electron chi connectivity index (χ0n) is 34.4. The van der Waals surface area contributed by atoms with Gasteiger partial charge in [0.15, 0.2) is 0 Å². The molecule has 8 aromatic rings. The van der Waals surface area contributed by atoms with E-state index in [4.69, 9.17) is 13.5 Å². The number of aryl methyl sites for hydroxylation is 4. The third-order valence-electron chi connectivity index (χ3n) is 9.32. The van der Waals surface area contributed by atoms with E-state index in [1.165, 1.54) is 50.3 Å². The number of benzene rings is 4. The molecule has 4 nitrogen and oxygen atoms in total. The fourth-order valence-corrected chi connectivity index (χ4v) is 7.58. The van der Waals surface area contributed by atoms with Gasteiger partial charge < -0.3 is 14.4 Å². The fourth-order valence-electron chi connectivity index (χ4n) is 6.86. The summed E-state index contributed by atoms with van der Waals surface area (Å²) in [5.74, 6) is 0.312. The summed E-state index contributed by atoms with van der Waals surface area (Å²) in [6, 6.07) is 33.3. The van der Waals surface area contributed by atoms with Gasteiger partial charge in [0.1, 0.15) is 11.1 Å². The molecule has 0 aliphatic carbocycles. The first-order valence-corrected chi connectivity index (χ1v) is 18.6. The van der Waals surface area contributed by atoms with Crippen molar-refractivity contribution in [2.45, 2.75) is 74.6 Å². The maximum Gasteiger partial charge on any atom is 0.148 e. The Bertz CT molecular complexity index is 2630. The van der Waals surface area contributed by atoms with Crippen molar-refractivity contribution >= 4 is 43.5 Å². The molecule has 0 atom stereocenters. The van der Waals surface area contributed by atoms with E-state index in [0.29, 0.717) is 28.0 Å². The van der Waals surface area contributed by atoms with Crippen molar-refractivity contribution in [1.29, 1.82) is 0 Å². The van der Waals surface area contributed by atoms with E-state index in [1.807, 2.05) is 42.7 Å². The van der Waals surface area contributed by atoms with Crippen molar-refractivity contribution in [3.8, 4) is 33.6 Å². The minimum absolute atomic E-state index is 0. The van der Waals surface area contributed by atoms with E-state index in [-0.39, 0.29) is 25.1 Å². The Morgan fingerprint density at radius 1 is 0.849 bits per heavy atom. The van der Waals surface area contributed by atoms with Crippen molar-refractivity contribution in [2.24, 2.45) is 5.41 Å². The number of nitrogens with zero attached hydrogens (tertiary/aromatic N) is 3. The SMILES string of the molecule is Cc1c[c-]c(-c2ccc(CC(C)(C)C)cn2)cc1.[2H]C([2H])([2H])c1nc2c(ccc3c4cc[c-]c(-c5cc(-c6c(C)cccc6C)c(C(C)C)cn5)c4oc32)s1.[Ir]. The van der Waals surface area contributed by atoms with Gasteiger partial charge in [-0.15, -0.1) is 64.9 Å². The molecule has 0 amide bonds. The molecule has 8 rings (SSSR count). The van der Waals surface area contributed by atoms with Crippen LogP contribution in [0, 0.1) is 45.2 Å². The van der Waals surface area contributed by atoms with E-state index in [1.54, 1.807) is 0 Å². The molecule has 1 radical (unpaired) electrons. The minimum atomic E-state index is -2.26. The Kier molecular flexibility index (Phi) is 10.0. The molecule has 4 aromatic heterocycles. The number of hydrogen-bond donors (Lipinski definition) is 0. The average molecular weight is 895 g/mol. The van der Waals surface area contributed by atoms with Gasteiger partial charge in [0.05, 0.1) is 15.3 Å². The molecule has 0 saturated carbocycles. The molecule has 0 N–H and O–H groups in total. The van der Waals surface area contributed by atoms with Crippen molar-refractivity contribution in [1.82, 2.24) is 15.0 Å². The predicted octanol–water partition coefficient (Wildman–Crippen LogP) is 13.2. The van der Waals surface area contributed by atoms with Gasteiger partial charge in [-0.2, -0.15) is 0 Å². The molecule has 0 fully saturated rings. The van der Waals surface area contributed by atoms with Crippen LogP contribution in [0.4, 0.5) is 0 Å². The topological polar surface area (TPSA) is 51.8 Å². The Morgan fingerprint density at radius 2 is 1.60 bits per heavy atom. The largest absolute Gasteiger partial charge is 0.498 e. The minimum Gasteiger partial charge on any atom is -0.498 e. The van der Waals surface area contributed by atoms with Gasteiger partial charge in [0.25, 0.3) is 0 Å². The molecule has 4 aromatic carbocycles. The van der Waals surface area contributed by atoms with Crippen LogP contribution in [0.15, 0.2) is 95.7 Å². The number of thiazole rings is 1. The number of rotatable bonds is 5. The molecular weight excluding hydrogens is 847 g/mol.